The molecule has 0 spiro atoms. The molecule has 6 nitrogen and oxygen atoms in total. The zero-order chi connectivity index (χ0) is 25.3. The number of ether oxygens (including phenoxy) is 1. The molecule has 35 heavy (non-hydrogen) atoms. The van der Waals surface area contributed by atoms with Gasteiger partial charge in [0.25, 0.3) is 11.8 Å². The van der Waals surface area contributed by atoms with E-state index in [0.717, 1.165) is 21.6 Å². The van der Waals surface area contributed by atoms with Crippen LogP contribution in [0, 0.1) is 13.8 Å². The van der Waals surface area contributed by atoms with Gasteiger partial charge in [0, 0.05) is 25.6 Å². The lowest BCUT2D eigenvalue weighted by Crippen LogP contribution is -2.54. The summed E-state index contributed by atoms with van der Waals surface area (Å²) in [6.07, 6.45) is 1.40. The third-order valence-corrected chi connectivity index (χ3v) is 6.60. The molecule has 1 aliphatic rings. The van der Waals surface area contributed by atoms with Crippen molar-refractivity contribution in [1.29, 1.82) is 0 Å². The molecular formula is C26H19BrCl2N2O4. The molecule has 4 rings (SSSR count). The highest BCUT2D eigenvalue weighted by atomic mass is 79.9. The minimum Gasteiger partial charge on any atom is -0.488 e. The van der Waals surface area contributed by atoms with Crippen molar-refractivity contribution in [2.24, 2.45) is 0 Å². The fraction of sp³-hybridized carbons (Fsp3) is 0.115. The van der Waals surface area contributed by atoms with Gasteiger partial charge in [0.05, 0.1) is 5.69 Å². The molecule has 0 atom stereocenters. The minimum atomic E-state index is -0.802. The second kappa shape index (κ2) is 10.2. The van der Waals surface area contributed by atoms with Crippen molar-refractivity contribution in [3.05, 3.63) is 96.9 Å². The highest BCUT2D eigenvalue weighted by Crippen LogP contribution is 2.30. The van der Waals surface area contributed by atoms with Crippen molar-refractivity contribution in [3.8, 4) is 5.75 Å². The molecule has 0 aliphatic carbocycles. The van der Waals surface area contributed by atoms with E-state index in [9.17, 15) is 14.4 Å². The van der Waals surface area contributed by atoms with Crippen LogP contribution < -0.4 is 15.0 Å². The molecule has 1 saturated heterocycles. The number of urea groups is 1. The van der Waals surface area contributed by atoms with Gasteiger partial charge >= 0.3 is 6.03 Å². The Labute approximate surface area is 220 Å². The number of nitrogens with one attached hydrogen (secondary N) is 1. The Kier molecular flexibility index (Phi) is 7.31. The molecule has 1 aliphatic heterocycles. The largest absolute Gasteiger partial charge is 0.488 e. The van der Waals surface area contributed by atoms with Crippen LogP contribution in [0.4, 0.5) is 10.5 Å². The SMILES string of the molecule is Cc1ccc(N2C(=O)NC(=O)/C(=C\c3cc(Br)ccc3OCc3ccc(Cl)cc3Cl)C2=O)cc1C. The lowest BCUT2D eigenvalue weighted by molar-refractivity contribution is -0.122. The fourth-order valence-electron chi connectivity index (χ4n) is 3.47. The summed E-state index contributed by atoms with van der Waals surface area (Å²) in [5.41, 5.74) is 3.29. The predicted molar refractivity (Wildman–Crippen MR) is 140 cm³/mol. The standard InChI is InChI=1S/C26H19BrCl2N2O4/c1-14-3-7-20(9-15(14)2)31-25(33)21(24(32)30-26(31)34)11-17-10-18(27)5-8-23(17)35-13-16-4-6-19(28)12-22(16)29/h3-12H,13H2,1-2H3,(H,30,32,34)/b21-11+. The van der Waals surface area contributed by atoms with Crippen LogP contribution in [0.1, 0.15) is 22.3 Å². The van der Waals surface area contributed by atoms with Gasteiger partial charge in [-0.2, -0.15) is 0 Å². The number of amides is 4. The lowest BCUT2D eigenvalue weighted by atomic mass is 10.0. The van der Waals surface area contributed by atoms with Crippen LogP contribution in [0.25, 0.3) is 6.08 Å². The summed E-state index contributed by atoms with van der Waals surface area (Å²) in [4.78, 5) is 39.4. The quantitative estimate of drug-likeness (QED) is 0.275. The molecule has 4 amide bonds. The number of aryl methyl sites for hydroxylation is 2. The number of rotatable bonds is 5. The average Bonchev–Trinajstić information content (AvgIpc) is 2.79. The van der Waals surface area contributed by atoms with Crippen molar-refractivity contribution in [2.45, 2.75) is 20.5 Å². The van der Waals surface area contributed by atoms with Gasteiger partial charge in [-0.3, -0.25) is 14.9 Å². The first kappa shape index (κ1) is 25.0. The Morgan fingerprint density at radius 2 is 1.74 bits per heavy atom. The summed E-state index contributed by atoms with van der Waals surface area (Å²) < 4.78 is 6.67. The Balaban J connectivity index is 1.68. The number of carbonyl (C=O) groups is 3. The normalized spacial score (nSPS) is 14.9. The van der Waals surface area contributed by atoms with E-state index in [4.69, 9.17) is 27.9 Å². The van der Waals surface area contributed by atoms with Crippen molar-refractivity contribution in [3.63, 3.8) is 0 Å². The van der Waals surface area contributed by atoms with Crippen LogP contribution in [-0.4, -0.2) is 17.8 Å². The topological polar surface area (TPSA) is 75.7 Å². The van der Waals surface area contributed by atoms with E-state index in [-0.39, 0.29) is 12.2 Å². The number of barbiturate groups is 1. The van der Waals surface area contributed by atoms with Crippen molar-refractivity contribution in [2.75, 3.05) is 4.90 Å². The molecule has 9 heteroatoms. The van der Waals surface area contributed by atoms with Crippen LogP contribution >= 0.6 is 39.1 Å². The molecule has 178 valence electrons. The van der Waals surface area contributed by atoms with E-state index in [2.05, 4.69) is 21.2 Å². The number of hydrogen-bond donors (Lipinski definition) is 1. The van der Waals surface area contributed by atoms with Gasteiger partial charge in [0.15, 0.2) is 0 Å². The zero-order valence-electron chi connectivity index (χ0n) is 18.7. The summed E-state index contributed by atoms with van der Waals surface area (Å²) in [7, 11) is 0. The summed E-state index contributed by atoms with van der Waals surface area (Å²) in [6, 6.07) is 14.7. The highest BCUT2D eigenvalue weighted by Gasteiger charge is 2.37. The molecule has 0 unspecified atom stereocenters. The number of halogens is 3. The summed E-state index contributed by atoms with van der Waals surface area (Å²) in [5, 5.41) is 3.21. The van der Waals surface area contributed by atoms with Gasteiger partial charge in [-0.15, -0.1) is 0 Å². The van der Waals surface area contributed by atoms with Gasteiger partial charge < -0.3 is 4.74 Å². The fourth-order valence-corrected chi connectivity index (χ4v) is 4.31. The van der Waals surface area contributed by atoms with Crippen LogP contribution in [0.2, 0.25) is 10.0 Å². The highest BCUT2D eigenvalue weighted by molar-refractivity contribution is 9.10. The van der Waals surface area contributed by atoms with E-state index in [0.29, 0.717) is 31.5 Å². The first-order valence-electron chi connectivity index (χ1n) is 10.5. The number of imide groups is 2. The van der Waals surface area contributed by atoms with Crippen molar-refractivity contribution >= 4 is 68.7 Å². The number of anilines is 1. The minimum absolute atomic E-state index is 0.140. The Morgan fingerprint density at radius 1 is 0.971 bits per heavy atom. The maximum Gasteiger partial charge on any atom is 0.335 e. The van der Waals surface area contributed by atoms with E-state index < -0.39 is 17.8 Å². The molecule has 0 radical (unpaired) electrons. The molecule has 3 aromatic rings. The maximum absolute atomic E-state index is 13.3. The molecule has 0 bridgehead atoms. The number of carbonyl (C=O) groups excluding carboxylic acids is 3. The van der Waals surface area contributed by atoms with Crippen LogP contribution in [-0.2, 0) is 16.2 Å². The number of nitrogens with zero attached hydrogens (tertiary/aromatic N) is 1. The second-order valence-electron chi connectivity index (χ2n) is 7.93. The molecule has 0 saturated carbocycles. The second-order valence-corrected chi connectivity index (χ2v) is 9.69. The van der Waals surface area contributed by atoms with Crippen LogP contribution in [0.15, 0.2) is 64.6 Å². The Morgan fingerprint density at radius 3 is 2.46 bits per heavy atom. The van der Waals surface area contributed by atoms with E-state index in [1.807, 2.05) is 19.9 Å². The molecule has 0 aromatic heterocycles. The summed E-state index contributed by atoms with van der Waals surface area (Å²) >= 11 is 15.6. The smallest absolute Gasteiger partial charge is 0.335 e. The lowest BCUT2D eigenvalue weighted by Gasteiger charge is -2.27. The van der Waals surface area contributed by atoms with Crippen LogP contribution in [0.5, 0.6) is 5.75 Å². The average molecular weight is 574 g/mol. The number of hydrogen-bond acceptors (Lipinski definition) is 4. The number of benzene rings is 3. The summed E-state index contributed by atoms with van der Waals surface area (Å²) in [5.74, 6) is -1.10. The predicted octanol–water partition coefficient (Wildman–Crippen LogP) is 6.62. The molecule has 1 fully saturated rings. The Hall–Kier alpha value is -3.13. The van der Waals surface area contributed by atoms with Gasteiger partial charge in [0.2, 0.25) is 0 Å². The van der Waals surface area contributed by atoms with E-state index in [1.165, 1.54) is 6.08 Å². The monoisotopic (exact) mass is 572 g/mol. The van der Waals surface area contributed by atoms with Crippen molar-refractivity contribution in [1.82, 2.24) is 5.32 Å². The Bertz CT molecular complexity index is 1400. The van der Waals surface area contributed by atoms with Gasteiger partial charge in [-0.1, -0.05) is 51.3 Å². The molecule has 1 N–H and O–H groups in total. The molecule has 3 aromatic carbocycles. The van der Waals surface area contributed by atoms with Crippen LogP contribution in [0.3, 0.4) is 0 Å². The summed E-state index contributed by atoms with van der Waals surface area (Å²) in [6.45, 7) is 3.95. The van der Waals surface area contributed by atoms with Gasteiger partial charge in [0.1, 0.15) is 17.9 Å². The first-order chi connectivity index (χ1) is 16.6. The van der Waals surface area contributed by atoms with E-state index in [1.54, 1.807) is 48.5 Å². The molecular weight excluding hydrogens is 555 g/mol. The zero-order valence-corrected chi connectivity index (χ0v) is 21.8. The van der Waals surface area contributed by atoms with Gasteiger partial charge in [-0.25, -0.2) is 9.69 Å². The molecule has 1 heterocycles. The first-order valence-corrected chi connectivity index (χ1v) is 12.0. The van der Waals surface area contributed by atoms with Crippen molar-refractivity contribution < 1.29 is 19.1 Å². The third kappa shape index (κ3) is 5.42. The third-order valence-electron chi connectivity index (χ3n) is 5.52. The van der Waals surface area contributed by atoms with E-state index >= 15 is 0 Å². The van der Waals surface area contributed by atoms with Gasteiger partial charge in [-0.05, 0) is 73.5 Å². The maximum atomic E-state index is 13.3.